The maximum Gasteiger partial charge on any atom is 0.256 e. The van der Waals surface area contributed by atoms with E-state index in [0.717, 1.165) is 31.7 Å². The Labute approximate surface area is 169 Å². The normalized spacial score (nSPS) is 13.2. The molecule has 2 N–H and O–H groups in total. The fourth-order valence-corrected chi connectivity index (χ4v) is 3.22. The summed E-state index contributed by atoms with van der Waals surface area (Å²) < 4.78 is 5.54. The molecule has 0 spiro atoms. The molecule has 2 amide bonds. The summed E-state index contributed by atoms with van der Waals surface area (Å²) in [5.74, 6) is 0.534. The highest BCUT2D eigenvalue weighted by Gasteiger charge is 2.22. The number of para-hydroxylation sites is 1. The second kappa shape index (κ2) is 9.99. The molecule has 0 aromatic heterocycles. The van der Waals surface area contributed by atoms with E-state index in [1.807, 2.05) is 35.2 Å². The molecule has 0 bridgehead atoms. The smallest absolute Gasteiger partial charge is 0.256 e. The molecule has 1 aliphatic heterocycles. The quantitative estimate of drug-likeness (QED) is 0.666. The summed E-state index contributed by atoms with van der Waals surface area (Å²) in [7, 11) is 0. The van der Waals surface area contributed by atoms with Crippen LogP contribution in [0.1, 0.15) is 23.2 Å². The standard InChI is InChI=1S/C21H24ClN3O3/c22-16-8-9-19(18(14-16)21(27)25-11-4-5-12-25)24-15-20(26)23-10-13-28-17-6-2-1-3-7-17/h1-3,6-9,14,24H,4-5,10-13,15H2,(H,23,26). The van der Waals surface area contributed by atoms with Crippen LogP contribution in [0.5, 0.6) is 5.75 Å². The number of hydrogen-bond donors (Lipinski definition) is 2. The molecule has 3 rings (SSSR count). The Morgan fingerprint density at radius 3 is 2.57 bits per heavy atom. The van der Waals surface area contributed by atoms with Gasteiger partial charge in [0, 0.05) is 23.8 Å². The summed E-state index contributed by atoms with van der Waals surface area (Å²) in [5.41, 5.74) is 1.10. The molecule has 0 aliphatic carbocycles. The molecule has 6 nitrogen and oxygen atoms in total. The number of amides is 2. The van der Waals surface area contributed by atoms with Crippen molar-refractivity contribution < 1.29 is 14.3 Å². The van der Waals surface area contributed by atoms with Crippen LogP contribution >= 0.6 is 11.6 Å². The topological polar surface area (TPSA) is 70.7 Å². The van der Waals surface area contributed by atoms with E-state index in [1.165, 1.54) is 0 Å². The van der Waals surface area contributed by atoms with Crippen molar-refractivity contribution >= 4 is 29.1 Å². The Hall–Kier alpha value is -2.73. The minimum atomic E-state index is -0.175. The minimum absolute atomic E-state index is 0.0563. The highest BCUT2D eigenvalue weighted by Crippen LogP contribution is 2.24. The molecule has 7 heteroatoms. The molecule has 2 aromatic rings. The van der Waals surface area contributed by atoms with Crippen molar-refractivity contribution in [3.05, 3.63) is 59.1 Å². The molecule has 1 fully saturated rings. The minimum Gasteiger partial charge on any atom is -0.492 e. The number of carbonyl (C=O) groups is 2. The molecule has 1 saturated heterocycles. The van der Waals surface area contributed by atoms with Crippen LogP contribution in [-0.2, 0) is 4.79 Å². The first-order valence-corrected chi connectivity index (χ1v) is 9.78. The van der Waals surface area contributed by atoms with Crippen LogP contribution in [0.3, 0.4) is 0 Å². The first-order valence-electron chi connectivity index (χ1n) is 9.41. The second-order valence-electron chi connectivity index (χ2n) is 6.55. The SMILES string of the molecule is O=C(CNc1ccc(Cl)cc1C(=O)N1CCCC1)NCCOc1ccccc1. The average Bonchev–Trinajstić information content (AvgIpc) is 3.25. The van der Waals surface area contributed by atoms with Gasteiger partial charge < -0.3 is 20.3 Å². The number of nitrogens with zero attached hydrogens (tertiary/aromatic N) is 1. The van der Waals surface area contributed by atoms with Crippen LogP contribution in [0.25, 0.3) is 0 Å². The van der Waals surface area contributed by atoms with E-state index in [1.54, 1.807) is 18.2 Å². The van der Waals surface area contributed by atoms with Gasteiger partial charge in [-0.1, -0.05) is 29.8 Å². The van der Waals surface area contributed by atoms with Gasteiger partial charge in [0.2, 0.25) is 5.91 Å². The number of halogens is 1. The highest BCUT2D eigenvalue weighted by atomic mass is 35.5. The Morgan fingerprint density at radius 2 is 1.82 bits per heavy atom. The summed E-state index contributed by atoms with van der Waals surface area (Å²) in [6, 6.07) is 14.5. The fourth-order valence-electron chi connectivity index (χ4n) is 3.05. The van der Waals surface area contributed by atoms with Crippen molar-refractivity contribution in [2.75, 3.05) is 38.1 Å². The van der Waals surface area contributed by atoms with Crippen molar-refractivity contribution in [1.29, 1.82) is 0 Å². The number of likely N-dealkylation sites (tertiary alicyclic amines) is 1. The Kier molecular flexibility index (Phi) is 7.14. The number of carbonyl (C=O) groups excluding carboxylic acids is 2. The van der Waals surface area contributed by atoms with Gasteiger partial charge in [0.1, 0.15) is 12.4 Å². The Bertz CT molecular complexity index is 808. The Morgan fingerprint density at radius 1 is 1.07 bits per heavy atom. The Balaban J connectivity index is 1.48. The lowest BCUT2D eigenvalue weighted by Crippen LogP contribution is -2.33. The molecule has 0 radical (unpaired) electrons. The molecule has 1 heterocycles. The van der Waals surface area contributed by atoms with Crippen LogP contribution < -0.4 is 15.4 Å². The van der Waals surface area contributed by atoms with Crippen molar-refractivity contribution in [3.8, 4) is 5.75 Å². The predicted octanol–water partition coefficient (Wildman–Crippen LogP) is 3.18. The maximum absolute atomic E-state index is 12.7. The summed E-state index contributed by atoms with van der Waals surface area (Å²) >= 11 is 6.07. The van der Waals surface area contributed by atoms with E-state index in [2.05, 4.69) is 10.6 Å². The first-order chi connectivity index (χ1) is 13.6. The lowest BCUT2D eigenvalue weighted by atomic mass is 10.1. The predicted molar refractivity (Wildman–Crippen MR) is 110 cm³/mol. The summed E-state index contributed by atoms with van der Waals surface area (Å²) in [4.78, 5) is 26.6. The number of benzene rings is 2. The van der Waals surface area contributed by atoms with Crippen molar-refractivity contribution in [3.63, 3.8) is 0 Å². The largest absolute Gasteiger partial charge is 0.492 e. The summed E-state index contributed by atoms with van der Waals surface area (Å²) in [6.07, 6.45) is 2.03. The van der Waals surface area contributed by atoms with E-state index in [0.29, 0.717) is 29.4 Å². The highest BCUT2D eigenvalue weighted by molar-refractivity contribution is 6.31. The van der Waals surface area contributed by atoms with Gasteiger partial charge in [-0.05, 0) is 43.2 Å². The molecule has 148 valence electrons. The van der Waals surface area contributed by atoms with Gasteiger partial charge in [0.05, 0.1) is 18.7 Å². The molecule has 0 saturated carbocycles. The molecule has 0 atom stereocenters. The second-order valence-corrected chi connectivity index (χ2v) is 6.99. The zero-order valence-corrected chi connectivity index (χ0v) is 16.4. The zero-order valence-electron chi connectivity index (χ0n) is 15.6. The van der Waals surface area contributed by atoms with Crippen LogP contribution in [0.2, 0.25) is 5.02 Å². The fraction of sp³-hybridized carbons (Fsp3) is 0.333. The first kappa shape index (κ1) is 20.0. The monoisotopic (exact) mass is 401 g/mol. The molecule has 1 aliphatic rings. The van der Waals surface area contributed by atoms with Gasteiger partial charge in [-0.3, -0.25) is 9.59 Å². The van der Waals surface area contributed by atoms with Crippen molar-refractivity contribution in [1.82, 2.24) is 10.2 Å². The third-order valence-electron chi connectivity index (χ3n) is 4.48. The number of ether oxygens (including phenoxy) is 1. The van der Waals surface area contributed by atoms with E-state index >= 15 is 0 Å². The zero-order chi connectivity index (χ0) is 19.8. The molecule has 2 aromatic carbocycles. The molecular formula is C21H24ClN3O3. The van der Waals surface area contributed by atoms with Gasteiger partial charge in [-0.15, -0.1) is 0 Å². The van der Waals surface area contributed by atoms with Gasteiger partial charge in [0.15, 0.2) is 0 Å². The maximum atomic E-state index is 12.7. The third-order valence-corrected chi connectivity index (χ3v) is 4.72. The van der Waals surface area contributed by atoms with E-state index in [9.17, 15) is 9.59 Å². The summed E-state index contributed by atoms with van der Waals surface area (Å²) in [6.45, 7) is 2.36. The molecule has 28 heavy (non-hydrogen) atoms. The van der Waals surface area contributed by atoms with Crippen molar-refractivity contribution in [2.24, 2.45) is 0 Å². The number of anilines is 1. The number of hydrogen-bond acceptors (Lipinski definition) is 4. The van der Waals surface area contributed by atoms with Crippen LogP contribution in [0.15, 0.2) is 48.5 Å². The number of nitrogens with one attached hydrogen (secondary N) is 2. The van der Waals surface area contributed by atoms with E-state index in [-0.39, 0.29) is 18.4 Å². The van der Waals surface area contributed by atoms with Crippen LogP contribution in [0, 0.1) is 0 Å². The van der Waals surface area contributed by atoms with Crippen LogP contribution in [0.4, 0.5) is 5.69 Å². The lowest BCUT2D eigenvalue weighted by Gasteiger charge is -2.18. The lowest BCUT2D eigenvalue weighted by molar-refractivity contribution is -0.119. The van der Waals surface area contributed by atoms with Crippen LogP contribution in [-0.4, -0.2) is 49.5 Å². The van der Waals surface area contributed by atoms with E-state index < -0.39 is 0 Å². The number of rotatable bonds is 8. The molecular weight excluding hydrogens is 378 g/mol. The van der Waals surface area contributed by atoms with Gasteiger partial charge in [-0.25, -0.2) is 0 Å². The molecule has 0 unspecified atom stereocenters. The van der Waals surface area contributed by atoms with E-state index in [4.69, 9.17) is 16.3 Å². The average molecular weight is 402 g/mol. The van der Waals surface area contributed by atoms with Gasteiger partial charge in [0.25, 0.3) is 5.91 Å². The van der Waals surface area contributed by atoms with Gasteiger partial charge >= 0.3 is 0 Å². The third kappa shape index (κ3) is 5.63. The van der Waals surface area contributed by atoms with Crippen molar-refractivity contribution in [2.45, 2.75) is 12.8 Å². The summed E-state index contributed by atoms with van der Waals surface area (Å²) in [5, 5.41) is 6.33. The van der Waals surface area contributed by atoms with Gasteiger partial charge in [-0.2, -0.15) is 0 Å².